The predicted octanol–water partition coefficient (Wildman–Crippen LogP) is 4.51. The molecule has 5 heteroatoms. The second kappa shape index (κ2) is 7.51. The Kier molecular flexibility index (Phi) is 4.92. The van der Waals surface area contributed by atoms with Crippen LogP contribution < -0.4 is 15.4 Å². The van der Waals surface area contributed by atoms with Crippen LogP contribution in [-0.4, -0.2) is 23.9 Å². The van der Waals surface area contributed by atoms with E-state index in [-0.39, 0.29) is 0 Å². The number of rotatable bonds is 5. The quantitative estimate of drug-likeness (QED) is 0.673. The number of hydrogen-bond acceptors (Lipinski definition) is 5. The fourth-order valence-electron chi connectivity index (χ4n) is 4.15. The van der Waals surface area contributed by atoms with Crippen molar-refractivity contribution in [3.63, 3.8) is 0 Å². The van der Waals surface area contributed by atoms with Crippen molar-refractivity contribution in [3.8, 4) is 5.75 Å². The maximum absolute atomic E-state index is 7.94. The van der Waals surface area contributed by atoms with Crippen LogP contribution in [0.25, 0.3) is 0 Å². The van der Waals surface area contributed by atoms with E-state index in [1.807, 2.05) is 0 Å². The van der Waals surface area contributed by atoms with Gasteiger partial charge in [0.1, 0.15) is 5.75 Å². The number of anilines is 1. The maximum atomic E-state index is 7.94. The predicted molar refractivity (Wildman–Crippen MR) is 110 cm³/mol. The highest BCUT2D eigenvalue weighted by Crippen LogP contribution is 2.33. The first-order valence-corrected chi connectivity index (χ1v) is 9.81. The van der Waals surface area contributed by atoms with Gasteiger partial charge in [0, 0.05) is 41.5 Å². The lowest BCUT2D eigenvalue weighted by Crippen LogP contribution is -2.34. The van der Waals surface area contributed by atoms with Gasteiger partial charge >= 0.3 is 0 Å². The smallest absolute Gasteiger partial charge is 0.159 e. The Morgan fingerprint density at radius 2 is 2.15 bits per heavy atom. The highest BCUT2D eigenvalue weighted by atomic mass is 16.5. The summed E-state index contributed by atoms with van der Waals surface area (Å²) < 4.78 is 5.60. The van der Waals surface area contributed by atoms with Gasteiger partial charge in [-0.3, -0.25) is 0 Å². The largest absolute Gasteiger partial charge is 0.471 e. The molecule has 5 nitrogen and oxygen atoms in total. The van der Waals surface area contributed by atoms with Crippen molar-refractivity contribution in [2.45, 2.75) is 51.6 Å². The molecular weight excluding hydrogens is 336 g/mol. The molecule has 2 aliphatic heterocycles. The number of nitrogens with one attached hydrogen (secondary N) is 3. The van der Waals surface area contributed by atoms with E-state index >= 15 is 0 Å². The molecular formula is C22H28N4O. The fourth-order valence-corrected chi connectivity index (χ4v) is 4.15. The highest BCUT2D eigenvalue weighted by Gasteiger charge is 2.24. The van der Waals surface area contributed by atoms with E-state index < -0.39 is 0 Å². The summed E-state index contributed by atoms with van der Waals surface area (Å²) in [6.45, 7) is 7.66. The molecule has 0 unspecified atom stereocenters. The molecule has 0 aromatic heterocycles. The molecule has 3 aliphatic rings. The zero-order valence-corrected chi connectivity index (χ0v) is 16.0. The number of allylic oxidation sites excluding steroid dienone is 3. The minimum atomic E-state index is 0.508. The van der Waals surface area contributed by atoms with Crippen LogP contribution in [0.15, 0.2) is 53.5 Å². The van der Waals surface area contributed by atoms with E-state index in [1.165, 1.54) is 43.9 Å². The first-order chi connectivity index (χ1) is 13.2. The molecule has 142 valence electrons. The zero-order chi connectivity index (χ0) is 18.8. The molecule has 2 heterocycles. The molecule has 0 bridgehead atoms. The van der Waals surface area contributed by atoms with Crippen molar-refractivity contribution < 1.29 is 4.74 Å². The Morgan fingerprint density at radius 3 is 2.93 bits per heavy atom. The van der Waals surface area contributed by atoms with Crippen LogP contribution in [0.2, 0.25) is 0 Å². The normalized spacial score (nSPS) is 20.0. The van der Waals surface area contributed by atoms with Gasteiger partial charge in [0.15, 0.2) is 6.73 Å². The molecule has 0 amide bonds. The Morgan fingerprint density at radius 1 is 1.33 bits per heavy atom. The van der Waals surface area contributed by atoms with Gasteiger partial charge in [-0.2, -0.15) is 0 Å². The van der Waals surface area contributed by atoms with Crippen molar-refractivity contribution in [3.05, 3.63) is 59.1 Å². The summed E-state index contributed by atoms with van der Waals surface area (Å²) in [6.07, 6.45) is 9.92. The average molecular weight is 364 g/mol. The van der Waals surface area contributed by atoms with Crippen LogP contribution in [0, 0.1) is 5.41 Å². The second-order valence-corrected chi connectivity index (χ2v) is 7.57. The van der Waals surface area contributed by atoms with Crippen LogP contribution in [-0.2, 0) is 6.54 Å². The second-order valence-electron chi connectivity index (χ2n) is 7.57. The Bertz CT molecular complexity index is 818. The van der Waals surface area contributed by atoms with Gasteiger partial charge in [0.25, 0.3) is 0 Å². The van der Waals surface area contributed by atoms with Crippen molar-refractivity contribution >= 4 is 11.9 Å². The summed E-state index contributed by atoms with van der Waals surface area (Å²) in [4.78, 5) is 2.18. The van der Waals surface area contributed by atoms with Crippen molar-refractivity contribution in [2.24, 2.45) is 0 Å². The third kappa shape index (κ3) is 3.59. The number of hydrogen-bond donors (Lipinski definition) is 3. The lowest BCUT2D eigenvalue weighted by Gasteiger charge is -2.34. The molecule has 1 fully saturated rings. The molecule has 0 atom stereocenters. The van der Waals surface area contributed by atoms with Crippen LogP contribution in [0.1, 0.15) is 44.6 Å². The molecule has 0 saturated heterocycles. The molecule has 1 aromatic carbocycles. The summed E-state index contributed by atoms with van der Waals surface area (Å²) in [5.41, 5.74) is 6.15. The summed E-state index contributed by atoms with van der Waals surface area (Å²) >= 11 is 0. The first kappa shape index (κ1) is 17.7. The molecule has 1 saturated carbocycles. The Labute approximate surface area is 161 Å². The van der Waals surface area contributed by atoms with Gasteiger partial charge < -0.3 is 25.7 Å². The molecule has 3 N–H and O–H groups in total. The van der Waals surface area contributed by atoms with E-state index in [0.29, 0.717) is 19.3 Å². The minimum Gasteiger partial charge on any atom is -0.471 e. The van der Waals surface area contributed by atoms with Crippen molar-refractivity contribution in [2.75, 3.05) is 12.0 Å². The van der Waals surface area contributed by atoms with Crippen LogP contribution in [0.4, 0.5) is 5.69 Å². The average Bonchev–Trinajstić information content (AvgIpc) is 3.14. The molecule has 27 heavy (non-hydrogen) atoms. The minimum absolute atomic E-state index is 0.508. The third-order valence-electron chi connectivity index (χ3n) is 5.69. The number of nitrogens with zero attached hydrogens (tertiary/aromatic N) is 1. The number of benzene rings is 1. The molecule has 0 radical (unpaired) electrons. The number of fused-ring (bicyclic) bond motifs is 1. The topological polar surface area (TPSA) is 60.4 Å². The van der Waals surface area contributed by atoms with Crippen LogP contribution in [0.5, 0.6) is 5.75 Å². The lowest BCUT2D eigenvalue weighted by molar-refractivity contribution is 0.370. The molecule has 0 spiro atoms. The Hall–Kier alpha value is -2.69. The van der Waals surface area contributed by atoms with Crippen molar-refractivity contribution in [1.29, 1.82) is 5.41 Å². The van der Waals surface area contributed by atoms with Gasteiger partial charge in [-0.15, -0.1) is 0 Å². The molecule has 4 rings (SSSR count). The van der Waals surface area contributed by atoms with Crippen LogP contribution in [0.3, 0.4) is 0 Å². The van der Waals surface area contributed by atoms with Gasteiger partial charge in [-0.1, -0.05) is 31.9 Å². The zero-order valence-electron chi connectivity index (χ0n) is 16.0. The third-order valence-corrected chi connectivity index (χ3v) is 5.69. The maximum Gasteiger partial charge on any atom is 0.159 e. The molecule has 1 aromatic rings. The molecule has 1 aliphatic carbocycles. The standard InChI is InChI=1S/C22H28N4O/c1-15-10-21(25-18-6-4-3-5-7-18)19(12-23)16(2)26(15)13-17-8-9-20-22(11-17)27-14-24-20/h8-12,18,23-25H,2-7,13-14H2,1H3. The SMILES string of the molecule is C=C1C(C=N)=C(NC2CCCCC2)C=C(C)N1Cc1ccc2c(c1)OCN2. The van der Waals surface area contributed by atoms with Gasteiger partial charge in [0.2, 0.25) is 0 Å². The lowest BCUT2D eigenvalue weighted by atomic mass is 9.94. The summed E-state index contributed by atoms with van der Waals surface area (Å²) in [5, 5.41) is 14.8. The van der Waals surface area contributed by atoms with E-state index in [1.54, 1.807) is 0 Å². The van der Waals surface area contributed by atoms with Gasteiger partial charge in [-0.05, 0) is 43.5 Å². The van der Waals surface area contributed by atoms with Gasteiger partial charge in [-0.25, -0.2) is 0 Å². The summed E-state index contributed by atoms with van der Waals surface area (Å²) in [5.74, 6) is 0.902. The summed E-state index contributed by atoms with van der Waals surface area (Å²) in [7, 11) is 0. The first-order valence-electron chi connectivity index (χ1n) is 9.81. The highest BCUT2D eigenvalue weighted by molar-refractivity contribution is 5.84. The number of ether oxygens (including phenoxy) is 1. The monoisotopic (exact) mass is 364 g/mol. The van der Waals surface area contributed by atoms with E-state index in [0.717, 1.165) is 34.1 Å². The Balaban J connectivity index is 1.53. The van der Waals surface area contributed by atoms with Crippen molar-refractivity contribution in [1.82, 2.24) is 10.2 Å². The fraction of sp³-hybridized carbons (Fsp3) is 0.409. The summed E-state index contributed by atoms with van der Waals surface area (Å²) in [6, 6.07) is 6.77. The van der Waals surface area contributed by atoms with Gasteiger partial charge in [0.05, 0.1) is 5.69 Å². The van der Waals surface area contributed by atoms with E-state index in [2.05, 4.69) is 53.3 Å². The van der Waals surface area contributed by atoms with E-state index in [9.17, 15) is 0 Å². The van der Waals surface area contributed by atoms with E-state index in [4.69, 9.17) is 10.1 Å². The van der Waals surface area contributed by atoms with Crippen LogP contribution >= 0.6 is 0 Å².